The highest BCUT2D eigenvalue weighted by Gasteiger charge is 2.14. The number of furan rings is 1. The van der Waals surface area contributed by atoms with Crippen LogP contribution in [0.25, 0.3) is 0 Å². The van der Waals surface area contributed by atoms with Gasteiger partial charge in [0.25, 0.3) is 0 Å². The minimum atomic E-state index is -0.692. The van der Waals surface area contributed by atoms with Crippen molar-refractivity contribution in [3.05, 3.63) is 53.5 Å². The quantitative estimate of drug-likeness (QED) is 0.841. The fraction of sp³-hybridized carbons (Fsp3) is 0.200. The van der Waals surface area contributed by atoms with Crippen LogP contribution in [-0.2, 0) is 16.1 Å². The Bertz CT molecular complexity index is 618. The van der Waals surface area contributed by atoms with Crippen LogP contribution in [0.5, 0.6) is 0 Å². The standard InChI is InChI=1S/C15H16N2O3/c1-10-5-6-11(2)13(8-10)17-15(19)14(18)16-9-12-4-3-7-20-12/h3-8H,9H2,1-2H3,(H,16,18)(H,17,19). The summed E-state index contributed by atoms with van der Waals surface area (Å²) in [5, 5.41) is 5.09. The molecule has 0 bridgehead atoms. The van der Waals surface area contributed by atoms with Crippen molar-refractivity contribution in [3.63, 3.8) is 0 Å². The number of benzene rings is 1. The van der Waals surface area contributed by atoms with Crippen LogP contribution < -0.4 is 10.6 Å². The number of rotatable bonds is 3. The summed E-state index contributed by atoms with van der Waals surface area (Å²) >= 11 is 0. The van der Waals surface area contributed by atoms with E-state index in [0.717, 1.165) is 11.1 Å². The van der Waals surface area contributed by atoms with Crippen molar-refractivity contribution in [2.24, 2.45) is 0 Å². The Balaban J connectivity index is 1.93. The molecule has 2 aromatic rings. The topological polar surface area (TPSA) is 71.3 Å². The first-order chi connectivity index (χ1) is 9.56. The van der Waals surface area contributed by atoms with Crippen molar-refractivity contribution >= 4 is 17.5 Å². The smallest absolute Gasteiger partial charge is 0.313 e. The van der Waals surface area contributed by atoms with Gasteiger partial charge in [-0.3, -0.25) is 9.59 Å². The van der Waals surface area contributed by atoms with Crippen LogP contribution in [-0.4, -0.2) is 11.8 Å². The maximum atomic E-state index is 11.8. The van der Waals surface area contributed by atoms with E-state index in [4.69, 9.17) is 4.42 Å². The number of hydrogen-bond donors (Lipinski definition) is 2. The highest BCUT2D eigenvalue weighted by Crippen LogP contribution is 2.16. The lowest BCUT2D eigenvalue weighted by molar-refractivity contribution is -0.136. The Hall–Kier alpha value is -2.56. The summed E-state index contributed by atoms with van der Waals surface area (Å²) in [4.78, 5) is 23.5. The van der Waals surface area contributed by atoms with Crippen molar-refractivity contribution in [1.82, 2.24) is 5.32 Å². The number of carbonyl (C=O) groups excluding carboxylic acids is 2. The van der Waals surface area contributed by atoms with Gasteiger partial charge in [-0.05, 0) is 43.2 Å². The third-order valence-corrected chi connectivity index (χ3v) is 2.85. The molecule has 2 N–H and O–H groups in total. The van der Waals surface area contributed by atoms with Crippen LogP contribution >= 0.6 is 0 Å². The molecular formula is C15H16N2O3. The Labute approximate surface area is 117 Å². The number of nitrogens with one attached hydrogen (secondary N) is 2. The maximum absolute atomic E-state index is 11.8. The number of amides is 2. The number of aryl methyl sites for hydroxylation is 2. The predicted octanol–water partition coefficient (Wildman–Crippen LogP) is 2.15. The molecule has 20 heavy (non-hydrogen) atoms. The zero-order chi connectivity index (χ0) is 14.5. The molecule has 104 valence electrons. The average Bonchev–Trinajstić information content (AvgIpc) is 2.93. The molecule has 0 aliphatic rings. The van der Waals surface area contributed by atoms with Crippen LogP contribution in [0.3, 0.4) is 0 Å². The van der Waals surface area contributed by atoms with E-state index in [1.165, 1.54) is 6.26 Å². The molecule has 1 aromatic carbocycles. The molecule has 2 amide bonds. The van der Waals surface area contributed by atoms with E-state index < -0.39 is 11.8 Å². The van der Waals surface area contributed by atoms with Gasteiger partial charge in [0.2, 0.25) is 0 Å². The summed E-state index contributed by atoms with van der Waals surface area (Å²) in [5.74, 6) is -0.787. The molecule has 0 atom stereocenters. The third kappa shape index (κ3) is 3.47. The Kier molecular flexibility index (Phi) is 4.20. The summed E-state index contributed by atoms with van der Waals surface area (Å²) in [6.45, 7) is 3.98. The third-order valence-electron chi connectivity index (χ3n) is 2.85. The van der Waals surface area contributed by atoms with Gasteiger partial charge in [0, 0.05) is 5.69 Å². The Morgan fingerprint density at radius 2 is 1.95 bits per heavy atom. The number of carbonyl (C=O) groups is 2. The monoisotopic (exact) mass is 272 g/mol. The molecule has 2 rings (SSSR count). The van der Waals surface area contributed by atoms with Gasteiger partial charge < -0.3 is 15.1 Å². The number of hydrogen-bond acceptors (Lipinski definition) is 3. The first kappa shape index (κ1) is 13.9. The summed E-state index contributed by atoms with van der Waals surface area (Å²) in [6.07, 6.45) is 1.51. The van der Waals surface area contributed by atoms with Crippen LogP contribution in [0.2, 0.25) is 0 Å². The molecule has 0 fully saturated rings. The summed E-state index contributed by atoms with van der Waals surface area (Å²) in [7, 11) is 0. The normalized spacial score (nSPS) is 10.1. The molecule has 0 aliphatic carbocycles. The SMILES string of the molecule is Cc1ccc(C)c(NC(=O)C(=O)NCc2ccco2)c1. The highest BCUT2D eigenvalue weighted by atomic mass is 16.3. The van der Waals surface area contributed by atoms with Crippen LogP contribution in [0.1, 0.15) is 16.9 Å². The molecule has 0 saturated carbocycles. The van der Waals surface area contributed by atoms with E-state index in [2.05, 4.69) is 10.6 Å². The van der Waals surface area contributed by atoms with Gasteiger partial charge in [-0.2, -0.15) is 0 Å². The molecule has 1 aromatic heterocycles. The van der Waals surface area contributed by atoms with Gasteiger partial charge in [0.05, 0.1) is 12.8 Å². The molecule has 0 radical (unpaired) electrons. The Morgan fingerprint density at radius 3 is 2.65 bits per heavy atom. The minimum absolute atomic E-state index is 0.187. The molecular weight excluding hydrogens is 256 g/mol. The largest absolute Gasteiger partial charge is 0.467 e. The van der Waals surface area contributed by atoms with Crippen molar-refractivity contribution in [3.8, 4) is 0 Å². The lowest BCUT2D eigenvalue weighted by atomic mass is 10.1. The van der Waals surface area contributed by atoms with Gasteiger partial charge in [-0.1, -0.05) is 12.1 Å². The highest BCUT2D eigenvalue weighted by molar-refractivity contribution is 6.39. The Morgan fingerprint density at radius 1 is 1.15 bits per heavy atom. The summed E-state index contributed by atoms with van der Waals surface area (Å²) < 4.78 is 5.07. The predicted molar refractivity (Wildman–Crippen MR) is 75.1 cm³/mol. The van der Waals surface area contributed by atoms with Crippen molar-refractivity contribution in [1.29, 1.82) is 0 Å². The lowest BCUT2D eigenvalue weighted by Gasteiger charge is -2.09. The number of anilines is 1. The van der Waals surface area contributed by atoms with E-state index in [1.54, 1.807) is 12.1 Å². The summed E-state index contributed by atoms with van der Waals surface area (Å²) in [6, 6.07) is 9.11. The lowest BCUT2D eigenvalue weighted by Crippen LogP contribution is -2.35. The van der Waals surface area contributed by atoms with E-state index in [-0.39, 0.29) is 6.54 Å². The zero-order valence-corrected chi connectivity index (χ0v) is 11.4. The van der Waals surface area contributed by atoms with Gasteiger partial charge in [0.15, 0.2) is 0 Å². The molecule has 5 heteroatoms. The summed E-state index contributed by atoms with van der Waals surface area (Å²) in [5.41, 5.74) is 2.56. The van der Waals surface area contributed by atoms with Crippen molar-refractivity contribution < 1.29 is 14.0 Å². The van der Waals surface area contributed by atoms with E-state index in [1.807, 2.05) is 32.0 Å². The first-order valence-electron chi connectivity index (χ1n) is 6.25. The second kappa shape index (κ2) is 6.06. The van der Waals surface area contributed by atoms with Gasteiger partial charge >= 0.3 is 11.8 Å². The molecule has 1 heterocycles. The van der Waals surface area contributed by atoms with Crippen molar-refractivity contribution in [2.45, 2.75) is 20.4 Å². The molecule has 5 nitrogen and oxygen atoms in total. The van der Waals surface area contributed by atoms with Gasteiger partial charge in [-0.15, -0.1) is 0 Å². The molecule has 0 saturated heterocycles. The second-order valence-corrected chi connectivity index (χ2v) is 4.53. The fourth-order valence-electron chi connectivity index (χ4n) is 1.71. The molecule has 0 aliphatic heterocycles. The minimum Gasteiger partial charge on any atom is -0.467 e. The molecule has 0 spiro atoms. The average molecular weight is 272 g/mol. The van der Waals surface area contributed by atoms with Gasteiger partial charge in [0.1, 0.15) is 5.76 Å². The van der Waals surface area contributed by atoms with E-state index in [0.29, 0.717) is 11.4 Å². The fourth-order valence-corrected chi connectivity index (χ4v) is 1.71. The first-order valence-corrected chi connectivity index (χ1v) is 6.25. The van der Waals surface area contributed by atoms with Gasteiger partial charge in [-0.25, -0.2) is 0 Å². The zero-order valence-electron chi connectivity index (χ0n) is 11.4. The second-order valence-electron chi connectivity index (χ2n) is 4.53. The van der Waals surface area contributed by atoms with E-state index in [9.17, 15) is 9.59 Å². The van der Waals surface area contributed by atoms with Crippen LogP contribution in [0.4, 0.5) is 5.69 Å². The van der Waals surface area contributed by atoms with Crippen LogP contribution in [0, 0.1) is 13.8 Å². The molecule has 0 unspecified atom stereocenters. The van der Waals surface area contributed by atoms with E-state index >= 15 is 0 Å². The van der Waals surface area contributed by atoms with Crippen LogP contribution in [0.15, 0.2) is 41.0 Å². The maximum Gasteiger partial charge on any atom is 0.313 e. The van der Waals surface area contributed by atoms with Crippen molar-refractivity contribution in [2.75, 3.05) is 5.32 Å².